The molecule has 27 heavy (non-hydrogen) atoms. The normalized spacial score (nSPS) is 13.7. The number of benzene rings is 1. The van der Waals surface area contributed by atoms with Gasteiger partial charge in [-0.25, -0.2) is 4.98 Å². The summed E-state index contributed by atoms with van der Waals surface area (Å²) in [4.78, 5) is 18.0. The molecule has 1 aromatic carbocycles. The van der Waals surface area contributed by atoms with Crippen molar-refractivity contribution in [1.82, 2.24) is 9.88 Å². The van der Waals surface area contributed by atoms with Crippen LogP contribution in [0.25, 0.3) is 6.08 Å². The van der Waals surface area contributed by atoms with Crippen LogP contribution in [0, 0.1) is 11.3 Å². The Labute approximate surface area is 157 Å². The van der Waals surface area contributed by atoms with Crippen molar-refractivity contribution in [2.45, 2.75) is 6.10 Å². The van der Waals surface area contributed by atoms with E-state index in [9.17, 15) is 4.79 Å². The van der Waals surface area contributed by atoms with E-state index in [0.717, 1.165) is 5.56 Å². The third-order valence-corrected chi connectivity index (χ3v) is 4.16. The third kappa shape index (κ3) is 4.18. The molecule has 0 unspecified atom stereocenters. The maximum Gasteiger partial charge on any atom is 0.246 e. The summed E-state index contributed by atoms with van der Waals surface area (Å²) in [6.45, 7) is 0.910. The lowest BCUT2D eigenvalue weighted by molar-refractivity contribution is -0.134. The van der Waals surface area contributed by atoms with Gasteiger partial charge in [-0.2, -0.15) is 5.26 Å². The molecule has 0 aliphatic carbocycles. The van der Waals surface area contributed by atoms with Gasteiger partial charge in [-0.3, -0.25) is 4.79 Å². The van der Waals surface area contributed by atoms with E-state index in [1.807, 2.05) is 12.1 Å². The zero-order chi connectivity index (χ0) is 19.2. The van der Waals surface area contributed by atoms with Crippen LogP contribution in [0.2, 0.25) is 0 Å². The minimum Gasteiger partial charge on any atom is -0.493 e. The molecule has 3 rings (SSSR count). The highest BCUT2D eigenvalue weighted by Gasteiger charge is 2.31. The largest absolute Gasteiger partial charge is 0.493 e. The van der Waals surface area contributed by atoms with Gasteiger partial charge in [-0.05, 0) is 35.9 Å². The first-order chi connectivity index (χ1) is 13.1. The van der Waals surface area contributed by atoms with E-state index in [1.54, 1.807) is 55.7 Å². The molecule has 1 fully saturated rings. The van der Waals surface area contributed by atoms with Crippen LogP contribution in [0.1, 0.15) is 11.1 Å². The number of likely N-dealkylation sites (tertiary alicyclic amines) is 1. The summed E-state index contributed by atoms with van der Waals surface area (Å²) >= 11 is 0. The van der Waals surface area contributed by atoms with Gasteiger partial charge in [0.25, 0.3) is 0 Å². The SMILES string of the molecule is COc1ccc(/C=C/C(=O)N2CC(Oc3ncccc3C#N)C2)cc1OC. The van der Waals surface area contributed by atoms with E-state index in [4.69, 9.17) is 19.5 Å². The molecular weight excluding hydrogens is 346 g/mol. The van der Waals surface area contributed by atoms with Crippen molar-refractivity contribution >= 4 is 12.0 Å². The Morgan fingerprint density at radius 3 is 2.74 bits per heavy atom. The van der Waals surface area contributed by atoms with Crippen LogP contribution in [0.3, 0.4) is 0 Å². The number of hydrogen-bond donors (Lipinski definition) is 0. The Kier molecular flexibility index (Phi) is 5.57. The molecule has 0 N–H and O–H groups in total. The lowest BCUT2D eigenvalue weighted by Gasteiger charge is -2.38. The topological polar surface area (TPSA) is 84.7 Å². The third-order valence-electron chi connectivity index (χ3n) is 4.16. The van der Waals surface area contributed by atoms with Gasteiger partial charge in [0.1, 0.15) is 17.7 Å². The monoisotopic (exact) mass is 365 g/mol. The van der Waals surface area contributed by atoms with Crippen molar-refractivity contribution in [2.75, 3.05) is 27.3 Å². The summed E-state index contributed by atoms with van der Waals surface area (Å²) in [5.41, 5.74) is 1.22. The number of carbonyl (C=O) groups is 1. The van der Waals surface area contributed by atoms with Gasteiger partial charge in [0, 0.05) is 12.3 Å². The Hall–Kier alpha value is -3.53. The summed E-state index contributed by atoms with van der Waals surface area (Å²) < 4.78 is 16.1. The average Bonchev–Trinajstić information content (AvgIpc) is 2.68. The van der Waals surface area contributed by atoms with E-state index in [1.165, 1.54) is 6.08 Å². The summed E-state index contributed by atoms with van der Waals surface area (Å²) in [5, 5.41) is 9.05. The predicted molar refractivity (Wildman–Crippen MR) is 98.5 cm³/mol. The van der Waals surface area contributed by atoms with Gasteiger partial charge >= 0.3 is 0 Å². The standard InChI is InChI=1S/C20H19N3O4/c1-25-17-7-5-14(10-18(17)26-2)6-8-19(24)23-12-16(13-23)27-20-15(11-21)4-3-9-22-20/h3-10,16H,12-13H2,1-2H3/b8-6+. The Morgan fingerprint density at radius 2 is 2.04 bits per heavy atom. The van der Waals surface area contributed by atoms with Crippen molar-refractivity contribution in [2.24, 2.45) is 0 Å². The molecule has 0 radical (unpaired) electrons. The van der Waals surface area contributed by atoms with E-state index in [-0.39, 0.29) is 12.0 Å². The number of hydrogen-bond acceptors (Lipinski definition) is 6. The summed E-state index contributed by atoms with van der Waals surface area (Å²) in [6, 6.07) is 10.8. The number of rotatable bonds is 6. The fourth-order valence-corrected chi connectivity index (χ4v) is 2.65. The van der Waals surface area contributed by atoms with Crippen LogP contribution in [0.5, 0.6) is 17.4 Å². The fourth-order valence-electron chi connectivity index (χ4n) is 2.65. The highest BCUT2D eigenvalue weighted by Crippen LogP contribution is 2.28. The van der Waals surface area contributed by atoms with Crippen molar-refractivity contribution in [3.8, 4) is 23.4 Å². The second-order valence-corrected chi connectivity index (χ2v) is 5.90. The highest BCUT2D eigenvalue weighted by molar-refractivity contribution is 5.92. The van der Waals surface area contributed by atoms with Crippen LogP contribution >= 0.6 is 0 Å². The molecule has 0 saturated carbocycles. The number of amides is 1. The average molecular weight is 365 g/mol. The van der Waals surface area contributed by atoms with Crippen LogP contribution < -0.4 is 14.2 Å². The summed E-state index contributed by atoms with van der Waals surface area (Å²) in [5.74, 6) is 1.44. The van der Waals surface area contributed by atoms with Gasteiger partial charge < -0.3 is 19.1 Å². The zero-order valence-corrected chi connectivity index (χ0v) is 15.1. The molecule has 1 aliphatic heterocycles. The molecule has 1 aromatic heterocycles. The van der Waals surface area contributed by atoms with Gasteiger partial charge in [-0.15, -0.1) is 0 Å². The Bertz CT molecular complexity index is 898. The minimum absolute atomic E-state index is 0.105. The molecule has 0 spiro atoms. The quantitative estimate of drug-likeness (QED) is 0.730. The molecule has 1 aliphatic rings. The van der Waals surface area contributed by atoms with Gasteiger partial charge in [-0.1, -0.05) is 6.07 Å². The lowest BCUT2D eigenvalue weighted by atomic mass is 10.1. The van der Waals surface area contributed by atoms with E-state index < -0.39 is 0 Å². The molecule has 2 aromatic rings. The molecule has 7 heteroatoms. The number of carbonyl (C=O) groups excluding carboxylic acids is 1. The van der Waals surface area contributed by atoms with Crippen LogP contribution in [-0.4, -0.2) is 49.2 Å². The molecule has 1 saturated heterocycles. The molecule has 7 nitrogen and oxygen atoms in total. The molecular formula is C20H19N3O4. The molecule has 2 heterocycles. The number of ether oxygens (including phenoxy) is 3. The fraction of sp³-hybridized carbons (Fsp3) is 0.250. The number of aromatic nitrogens is 1. The lowest BCUT2D eigenvalue weighted by Crippen LogP contribution is -2.55. The minimum atomic E-state index is -0.162. The Balaban J connectivity index is 1.55. The number of nitrogens with zero attached hydrogens (tertiary/aromatic N) is 3. The van der Waals surface area contributed by atoms with E-state index in [2.05, 4.69) is 4.98 Å². The second-order valence-electron chi connectivity index (χ2n) is 5.90. The number of pyridine rings is 1. The maximum absolute atomic E-state index is 12.3. The smallest absolute Gasteiger partial charge is 0.246 e. The van der Waals surface area contributed by atoms with Gasteiger partial charge in [0.05, 0.1) is 27.3 Å². The zero-order valence-electron chi connectivity index (χ0n) is 15.1. The maximum atomic E-state index is 12.3. The van der Waals surface area contributed by atoms with Gasteiger partial charge in [0.15, 0.2) is 11.5 Å². The first kappa shape index (κ1) is 18.3. The molecule has 138 valence electrons. The number of nitriles is 1. The second kappa shape index (κ2) is 8.23. The molecule has 1 amide bonds. The van der Waals surface area contributed by atoms with Crippen molar-refractivity contribution < 1.29 is 19.0 Å². The summed E-state index contributed by atoms with van der Waals surface area (Å²) in [7, 11) is 3.14. The van der Waals surface area contributed by atoms with E-state index in [0.29, 0.717) is 36.0 Å². The van der Waals surface area contributed by atoms with E-state index >= 15 is 0 Å². The molecule has 0 atom stereocenters. The van der Waals surface area contributed by atoms with Crippen LogP contribution in [0.4, 0.5) is 0 Å². The van der Waals surface area contributed by atoms with Crippen LogP contribution in [0.15, 0.2) is 42.6 Å². The first-order valence-electron chi connectivity index (χ1n) is 8.35. The van der Waals surface area contributed by atoms with Crippen LogP contribution in [-0.2, 0) is 4.79 Å². The van der Waals surface area contributed by atoms with Crippen molar-refractivity contribution in [3.05, 3.63) is 53.7 Å². The van der Waals surface area contributed by atoms with Gasteiger partial charge in [0.2, 0.25) is 11.8 Å². The van der Waals surface area contributed by atoms with Crippen molar-refractivity contribution in [1.29, 1.82) is 5.26 Å². The predicted octanol–water partition coefficient (Wildman–Crippen LogP) is 2.27. The number of methoxy groups -OCH3 is 2. The van der Waals surface area contributed by atoms with Crippen molar-refractivity contribution in [3.63, 3.8) is 0 Å². The Morgan fingerprint density at radius 1 is 1.26 bits per heavy atom. The molecule has 0 bridgehead atoms. The first-order valence-corrected chi connectivity index (χ1v) is 8.35. The summed E-state index contributed by atoms with van der Waals surface area (Å²) in [6.07, 6.45) is 4.65. The highest BCUT2D eigenvalue weighted by atomic mass is 16.5.